The van der Waals surface area contributed by atoms with Gasteiger partial charge in [-0.25, -0.2) is 0 Å². The van der Waals surface area contributed by atoms with Crippen LogP contribution in [-0.4, -0.2) is 38.3 Å². The van der Waals surface area contributed by atoms with Crippen LogP contribution < -0.4 is 10.6 Å². The number of hydrogen-bond donors (Lipinski definition) is 2. The first-order chi connectivity index (χ1) is 6.93. The Kier molecular flexibility index (Phi) is 7.41. The summed E-state index contributed by atoms with van der Waals surface area (Å²) in [6, 6.07) is 0. The molecule has 1 atom stereocenters. The first kappa shape index (κ1) is 12.2. The van der Waals surface area contributed by atoms with E-state index in [1.807, 2.05) is 0 Å². The summed E-state index contributed by atoms with van der Waals surface area (Å²) in [4.78, 5) is 0. The maximum absolute atomic E-state index is 5.64. The fourth-order valence-electron chi connectivity index (χ4n) is 1.59. The van der Waals surface area contributed by atoms with Gasteiger partial charge in [-0.05, 0) is 19.3 Å². The molecule has 3 nitrogen and oxygen atoms in total. The molecule has 0 radical (unpaired) electrons. The molecule has 1 rings (SSSR count). The van der Waals surface area contributed by atoms with Gasteiger partial charge >= 0.3 is 0 Å². The lowest BCUT2D eigenvalue weighted by Crippen LogP contribution is -2.36. The predicted molar refractivity (Wildman–Crippen MR) is 59.8 cm³/mol. The Morgan fingerprint density at radius 2 is 2.07 bits per heavy atom. The van der Waals surface area contributed by atoms with E-state index >= 15 is 0 Å². The van der Waals surface area contributed by atoms with Gasteiger partial charge in [-0.1, -0.05) is 6.42 Å². The van der Waals surface area contributed by atoms with Gasteiger partial charge < -0.3 is 10.1 Å². The molecule has 0 aromatic rings. The Morgan fingerprint density at radius 1 is 1.14 bits per heavy atom. The fraction of sp³-hybridized carbons (Fsp3) is 1.00. The van der Waals surface area contributed by atoms with Crippen LogP contribution in [0.3, 0.4) is 0 Å². The first-order valence-electron chi connectivity index (χ1n) is 5.55. The highest BCUT2D eigenvalue weighted by molar-refractivity contribution is 6.18. The Bertz CT molecular complexity index is 127. The molecule has 0 spiro atoms. The van der Waals surface area contributed by atoms with Gasteiger partial charge in [-0.2, -0.15) is 0 Å². The van der Waals surface area contributed by atoms with Gasteiger partial charge in [0.25, 0.3) is 0 Å². The third kappa shape index (κ3) is 5.81. The molecule has 1 unspecified atom stereocenters. The van der Waals surface area contributed by atoms with Gasteiger partial charge in [-0.3, -0.25) is 5.32 Å². The Balaban J connectivity index is 1.93. The van der Waals surface area contributed by atoms with Crippen molar-refractivity contribution in [1.82, 2.24) is 10.6 Å². The van der Waals surface area contributed by atoms with E-state index in [0.717, 1.165) is 32.7 Å². The van der Waals surface area contributed by atoms with E-state index in [4.69, 9.17) is 16.3 Å². The molecule has 0 amide bonds. The van der Waals surface area contributed by atoms with Crippen LogP contribution >= 0.6 is 11.6 Å². The largest absolute Gasteiger partial charge is 0.363 e. The highest BCUT2D eigenvalue weighted by Gasteiger charge is 2.10. The molecule has 1 fully saturated rings. The van der Waals surface area contributed by atoms with Crippen molar-refractivity contribution in [2.45, 2.75) is 31.9 Å². The lowest BCUT2D eigenvalue weighted by Gasteiger charge is -2.16. The van der Waals surface area contributed by atoms with Crippen molar-refractivity contribution in [3.63, 3.8) is 0 Å². The van der Waals surface area contributed by atoms with Crippen LogP contribution in [0, 0.1) is 0 Å². The van der Waals surface area contributed by atoms with Crippen LogP contribution in [0.15, 0.2) is 0 Å². The van der Waals surface area contributed by atoms with E-state index < -0.39 is 0 Å². The molecule has 1 aliphatic rings. The smallest absolute Gasteiger partial charge is 0.108 e. The van der Waals surface area contributed by atoms with Crippen molar-refractivity contribution < 1.29 is 4.74 Å². The minimum Gasteiger partial charge on any atom is -0.363 e. The summed E-state index contributed by atoms with van der Waals surface area (Å²) in [6.07, 6.45) is 5.23. The van der Waals surface area contributed by atoms with Crippen LogP contribution in [-0.2, 0) is 4.74 Å². The number of alkyl halides is 1. The minimum atomic E-state index is 0.273. The average molecular weight is 221 g/mol. The van der Waals surface area contributed by atoms with Crippen LogP contribution in [0.2, 0.25) is 0 Å². The Labute approximate surface area is 91.5 Å². The van der Waals surface area contributed by atoms with Gasteiger partial charge in [0.1, 0.15) is 6.23 Å². The highest BCUT2D eigenvalue weighted by Crippen LogP contribution is 2.10. The monoisotopic (exact) mass is 220 g/mol. The van der Waals surface area contributed by atoms with Crippen molar-refractivity contribution in [3.05, 3.63) is 0 Å². The van der Waals surface area contributed by atoms with Gasteiger partial charge in [0.2, 0.25) is 0 Å². The molecule has 0 saturated carbocycles. The molecule has 0 bridgehead atoms. The Morgan fingerprint density at radius 3 is 2.93 bits per heavy atom. The summed E-state index contributed by atoms with van der Waals surface area (Å²) in [6.45, 7) is 3.72. The number of hydrogen-bond acceptors (Lipinski definition) is 3. The van der Waals surface area contributed by atoms with Crippen molar-refractivity contribution >= 4 is 11.6 Å². The summed E-state index contributed by atoms with van der Waals surface area (Å²) in [5, 5.41) is 6.63. The summed E-state index contributed by atoms with van der Waals surface area (Å²) in [5.41, 5.74) is 0. The van der Waals surface area contributed by atoms with E-state index in [-0.39, 0.29) is 6.23 Å². The Hall–Kier alpha value is 0.170. The second kappa shape index (κ2) is 8.48. The summed E-state index contributed by atoms with van der Waals surface area (Å²) >= 11 is 5.54. The fourth-order valence-corrected chi connectivity index (χ4v) is 1.73. The molecule has 1 saturated heterocycles. The number of ether oxygens (including phenoxy) is 1. The van der Waals surface area contributed by atoms with Crippen molar-refractivity contribution in [3.8, 4) is 0 Å². The molecule has 0 aromatic carbocycles. The molecule has 1 aliphatic heterocycles. The zero-order chi connectivity index (χ0) is 10.1. The van der Waals surface area contributed by atoms with Crippen LogP contribution in [0.25, 0.3) is 0 Å². The second-order valence-electron chi connectivity index (χ2n) is 3.60. The number of rotatable bonds is 6. The average Bonchev–Trinajstić information content (AvgIpc) is 2.46. The zero-order valence-corrected chi connectivity index (χ0v) is 9.48. The van der Waals surface area contributed by atoms with Gasteiger partial charge in [-0.15, -0.1) is 11.6 Å². The van der Waals surface area contributed by atoms with Crippen LogP contribution in [0.4, 0.5) is 0 Å². The van der Waals surface area contributed by atoms with E-state index in [9.17, 15) is 0 Å². The van der Waals surface area contributed by atoms with E-state index in [1.165, 1.54) is 19.3 Å². The van der Waals surface area contributed by atoms with E-state index in [0.29, 0.717) is 5.88 Å². The number of nitrogens with one attached hydrogen (secondary N) is 2. The number of halogens is 1. The van der Waals surface area contributed by atoms with E-state index in [2.05, 4.69) is 10.6 Å². The standard InChI is InChI=1S/C10H21ClN2O/c11-5-6-12-7-8-13-10-4-2-1-3-9-14-10/h10,12-13H,1-9H2. The van der Waals surface area contributed by atoms with Crippen LogP contribution in [0.5, 0.6) is 0 Å². The topological polar surface area (TPSA) is 33.3 Å². The summed E-state index contributed by atoms with van der Waals surface area (Å²) in [7, 11) is 0. The lowest BCUT2D eigenvalue weighted by molar-refractivity contribution is 0.0352. The molecular weight excluding hydrogens is 200 g/mol. The summed E-state index contributed by atoms with van der Waals surface area (Å²) < 4.78 is 5.64. The van der Waals surface area contributed by atoms with Crippen molar-refractivity contribution in [2.24, 2.45) is 0 Å². The normalized spacial score (nSPS) is 23.4. The molecule has 14 heavy (non-hydrogen) atoms. The SMILES string of the molecule is ClCCNCCNC1CCCCCO1. The van der Waals surface area contributed by atoms with E-state index in [1.54, 1.807) is 0 Å². The van der Waals surface area contributed by atoms with Crippen molar-refractivity contribution in [2.75, 3.05) is 32.1 Å². The van der Waals surface area contributed by atoms with Crippen molar-refractivity contribution in [1.29, 1.82) is 0 Å². The third-order valence-corrected chi connectivity index (χ3v) is 2.56. The maximum Gasteiger partial charge on any atom is 0.108 e. The summed E-state index contributed by atoms with van der Waals surface area (Å²) in [5.74, 6) is 0.680. The molecule has 84 valence electrons. The third-order valence-electron chi connectivity index (χ3n) is 2.37. The van der Waals surface area contributed by atoms with Crippen LogP contribution in [0.1, 0.15) is 25.7 Å². The quantitative estimate of drug-likeness (QED) is 0.523. The molecule has 0 aromatic heterocycles. The maximum atomic E-state index is 5.64. The van der Waals surface area contributed by atoms with Gasteiger partial charge in [0.15, 0.2) is 0 Å². The van der Waals surface area contributed by atoms with Gasteiger partial charge in [0, 0.05) is 32.1 Å². The molecule has 1 heterocycles. The first-order valence-corrected chi connectivity index (χ1v) is 6.08. The zero-order valence-electron chi connectivity index (χ0n) is 8.73. The minimum absolute atomic E-state index is 0.273. The molecular formula is C10H21ClN2O. The highest BCUT2D eigenvalue weighted by atomic mass is 35.5. The van der Waals surface area contributed by atoms with Gasteiger partial charge in [0.05, 0.1) is 0 Å². The molecule has 2 N–H and O–H groups in total. The predicted octanol–water partition coefficient (Wildman–Crippen LogP) is 1.32. The second-order valence-corrected chi connectivity index (χ2v) is 3.98. The molecule has 0 aliphatic carbocycles. The molecule has 4 heteroatoms. The lowest BCUT2D eigenvalue weighted by atomic mass is 10.2.